The summed E-state index contributed by atoms with van der Waals surface area (Å²) in [7, 11) is -3.58. The summed E-state index contributed by atoms with van der Waals surface area (Å²) in [5.74, 6) is -0.00395. The van der Waals surface area contributed by atoms with Crippen LogP contribution in [0.25, 0.3) is 0 Å². The van der Waals surface area contributed by atoms with Gasteiger partial charge < -0.3 is 11.1 Å². The van der Waals surface area contributed by atoms with Crippen molar-refractivity contribution in [3.8, 4) is 0 Å². The molecule has 6 nitrogen and oxygen atoms in total. The number of hydrogen-bond donors (Lipinski definition) is 2. The molecule has 0 bridgehead atoms. The van der Waals surface area contributed by atoms with Crippen LogP contribution in [0, 0.1) is 5.41 Å². The fraction of sp³-hybridized carbons (Fsp3) is 0.385. The molecule has 0 aromatic heterocycles. The topological polar surface area (TPSA) is 99.6 Å². The molecule has 0 saturated carbocycles. The van der Waals surface area contributed by atoms with Gasteiger partial charge in [-0.05, 0) is 25.0 Å². The fourth-order valence-electron chi connectivity index (χ4n) is 2.12. The van der Waals surface area contributed by atoms with E-state index in [0.29, 0.717) is 13.1 Å². The molecular weight excluding hydrogens is 312 g/mol. The van der Waals surface area contributed by atoms with Gasteiger partial charge in [-0.3, -0.25) is 0 Å². The van der Waals surface area contributed by atoms with E-state index in [2.05, 4.69) is 4.99 Å². The van der Waals surface area contributed by atoms with Gasteiger partial charge in [0.05, 0.1) is 5.69 Å². The van der Waals surface area contributed by atoms with Gasteiger partial charge in [0.15, 0.2) is 0 Å². The van der Waals surface area contributed by atoms with Crippen LogP contribution in [0.15, 0.2) is 34.2 Å². The lowest BCUT2D eigenvalue weighted by molar-refractivity contribution is 0.477. The number of nitrogens with one attached hydrogen (secondary N) is 1. The van der Waals surface area contributed by atoms with Crippen molar-refractivity contribution in [2.24, 2.45) is 10.7 Å². The Kier molecular flexibility index (Phi) is 4.97. The molecule has 1 aromatic rings. The van der Waals surface area contributed by atoms with Crippen LogP contribution in [0.5, 0.6) is 0 Å². The maximum atomic E-state index is 12.6. The molecule has 1 fully saturated rings. The van der Waals surface area contributed by atoms with Gasteiger partial charge in [0.1, 0.15) is 16.1 Å². The van der Waals surface area contributed by atoms with Gasteiger partial charge in [-0.25, -0.2) is 13.4 Å². The van der Waals surface area contributed by atoms with Gasteiger partial charge in [0.25, 0.3) is 0 Å². The molecule has 8 heteroatoms. The quantitative estimate of drug-likeness (QED) is 0.489. The zero-order valence-electron chi connectivity index (χ0n) is 11.4. The maximum Gasteiger partial charge on any atom is 0.245 e. The summed E-state index contributed by atoms with van der Waals surface area (Å²) in [6, 6.07) is 6.41. The molecule has 0 amide bonds. The SMILES string of the molecule is N=CC(Cl)C(N)=Nc1ccccc1S(=O)(=O)N1CCCC1. The second-order valence-electron chi connectivity index (χ2n) is 4.68. The first-order valence-corrected chi connectivity index (χ1v) is 8.42. The molecule has 1 unspecified atom stereocenters. The molecule has 0 radical (unpaired) electrons. The Balaban J connectivity index is 2.44. The molecule has 1 heterocycles. The van der Waals surface area contributed by atoms with Crippen LogP contribution in [-0.4, -0.2) is 43.2 Å². The first kappa shape index (κ1) is 15.9. The third-order valence-corrected chi connectivity index (χ3v) is 5.52. The Labute approximate surface area is 129 Å². The summed E-state index contributed by atoms with van der Waals surface area (Å²) < 4.78 is 26.7. The minimum Gasteiger partial charge on any atom is -0.386 e. The number of para-hydroxylation sites is 1. The van der Waals surface area contributed by atoms with E-state index in [1.807, 2.05) is 0 Å². The second kappa shape index (κ2) is 6.55. The van der Waals surface area contributed by atoms with Crippen molar-refractivity contribution in [3.63, 3.8) is 0 Å². The summed E-state index contributed by atoms with van der Waals surface area (Å²) in [6.45, 7) is 1.04. The largest absolute Gasteiger partial charge is 0.386 e. The van der Waals surface area contributed by atoms with Crippen LogP contribution in [0.1, 0.15) is 12.8 Å². The highest BCUT2D eigenvalue weighted by molar-refractivity contribution is 7.89. The summed E-state index contributed by atoms with van der Waals surface area (Å²) in [5, 5.41) is 6.22. The lowest BCUT2D eigenvalue weighted by atomic mass is 10.3. The fourth-order valence-corrected chi connectivity index (χ4v) is 3.82. The predicted octanol–water partition coefficient (Wildman–Crippen LogP) is 1.72. The third-order valence-electron chi connectivity index (χ3n) is 3.23. The molecule has 0 aliphatic carbocycles. The van der Waals surface area contributed by atoms with E-state index in [9.17, 15) is 8.42 Å². The van der Waals surface area contributed by atoms with Gasteiger partial charge >= 0.3 is 0 Å². The van der Waals surface area contributed by atoms with Crippen LogP contribution in [0.4, 0.5) is 5.69 Å². The van der Waals surface area contributed by atoms with E-state index in [1.165, 1.54) is 10.4 Å². The third kappa shape index (κ3) is 3.42. The summed E-state index contributed by atoms with van der Waals surface area (Å²) >= 11 is 5.80. The number of nitrogens with zero attached hydrogens (tertiary/aromatic N) is 2. The van der Waals surface area contributed by atoms with E-state index in [0.717, 1.165) is 19.1 Å². The average molecular weight is 329 g/mol. The molecule has 0 spiro atoms. The minimum absolute atomic E-state index is 0.00395. The predicted molar refractivity (Wildman–Crippen MR) is 84.1 cm³/mol. The van der Waals surface area contributed by atoms with Gasteiger partial charge in [0, 0.05) is 19.3 Å². The molecule has 21 heavy (non-hydrogen) atoms. The van der Waals surface area contributed by atoms with E-state index in [4.69, 9.17) is 22.7 Å². The smallest absolute Gasteiger partial charge is 0.245 e. The first-order valence-electron chi connectivity index (χ1n) is 6.54. The van der Waals surface area contributed by atoms with Crippen molar-refractivity contribution < 1.29 is 8.42 Å². The lowest BCUT2D eigenvalue weighted by Crippen LogP contribution is -2.28. The van der Waals surface area contributed by atoms with Crippen molar-refractivity contribution in [1.82, 2.24) is 4.31 Å². The number of aliphatic imine (C=N–C) groups is 1. The van der Waals surface area contributed by atoms with Crippen LogP contribution in [0.3, 0.4) is 0 Å². The minimum atomic E-state index is -3.58. The molecule has 1 aliphatic rings. The highest BCUT2D eigenvalue weighted by Crippen LogP contribution is 2.29. The highest BCUT2D eigenvalue weighted by atomic mass is 35.5. The molecule has 1 atom stereocenters. The maximum absolute atomic E-state index is 12.6. The van der Waals surface area contributed by atoms with Crippen molar-refractivity contribution in [3.05, 3.63) is 24.3 Å². The van der Waals surface area contributed by atoms with Gasteiger partial charge in [-0.1, -0.05) is 12.1 Å². The molecular formula is C13H17ClN4O2S. The Morgan fingerprint density at radius 2 is 2.00 bits per heavy atom. The summed E-state index contributed by atoms with van der Waals surface area (Å²) in [4.78, 5) is 4.19. The second-order valence-corrected chi connectivity index (χ2v) is 7.06. The van der Waals surface area contributed by atoms with Gasteiger partial charge in [0.2, 0.25) is 10.0 Å². The summed E-state index contributed by atoms with van der Waals surface area (Å²) in [6.07, 6.45) is 2.67. The average Bonchev–Trinajstić information content (AvgIpc) is 3.01. The number of nitrogens with two attached hydrogens (primary N) is 1. The molecule has 2 rings (SSSR count). The number of halogens is 1. The van der Waals surface area contributed by atoms with E-state index < -0.39 is 15.4 Å². The number of amidine groups is 1. The number of hydrogen-bond acceptors (Lipinski definition) is 4. The lowest BCUT2D eigenvalue weighted by Gasteiger charge is -2.17. The first-order chi connectivity index (χ1) is 9.96. The Hall–Kier alpha value is -1.44. The molecule has 1 aromatic carbocycles. The highest BCUT2D eigenvalue weighted by Gasteiger charge is 2.29. The normalized spacial score (nSPS) is 18.6. The number of benzene rings is 1. The zero-order chi connectivity index (χ0) is 15.5. The summed E-state index contributed by atoms with van der Waals surface area (Å²) in [5.41, 5.74) is 5.93. The van der Waals surface area contributed by atoms with Crippen LogP contribution in [-0.2, 0) is 10.0 Å². The number of alkyl halides is 1. The van der Waals surface area contributed by atoms with Crippen LogP contribution < -0.4 is 5.73 Å². The zero-order valence-corrected chi connectivity index (χ0v) is 12.9. The Morgan fingerprint density at radius 1 is 1.38 bits per heavy atom. The van der Waals surface area contributed by atoms with Crippen LogP contribution in [0.2, 0.25) is 0 Å². The van der Waals surface area contributed by atoms with Crippen LogP contribution >= 0.6 is 11.6 Å². The van der Waals surface area contributed by atoms with Gasteiger partial charge in [-0.15, -0.1) is 11.6 Å². The Morgan fingerprint density at radius 3 is 2.62 bits per heavy atom. The molecule has 1 aliphatic heterocycles. The van der Waals surface area contributed by atoms with Crippen molar-refractivity contribution in [2.75, 3.05) is 13.1 Å². The molecule has 3 N–H and O–H groups in total. The number of sulfonamides is 1. The van der Waals surface area contributed by atoms with E-state index in [-0.39, 0.29) is 16.4 Å². The van der Waals surface area contributed by atoms with Crippen molar-refractivity contribution in [2.45, 2.75) is 23.1 Å². The molecule has 1 saturated heterocycles. The van der Waals surface area contributed by atoms with E-state index >= 15 is 0 Å². The van der Waals surface area contributed by atoms with Crippen molar-refractivity contribution in [1.29, 1.82) is 5.41 Å². The van der Waals surface area contributed by atoms with Crippen molar-refractivity contribution >= 4 is 39.4 Å². The number of rotatable bonds is 5. The van der Waals surface area contributed by atoms with Gasteiger partial charge in [-0.2, -0.15) is 4.31 Å². The standard InChI is InChI=1S/C13H17ClN4O2S/c14-10(9-15)13(16)17-11-5-1-2-6-12(11)21(19,20)18-7-3-4-8-18/h1-2,5-6,9-10,15H,3-4,7-8H2,(H2,16,17). The molecule has 114 valence electrons. The Bertz CT molecular complexity index is 654. The monoisotopic (exact) mass is 328 g/mol. The van der Waals surface area contributed by atoms with E-state index in [1.54, 1.807) is 18.2 Å².